The Balaban J connectivity index is 1.97. The van der Waals surface area contributed by atoms with Gasteiger partial charge in [-0.05, 0) is 53.7 Å². The first kappa shape index (κ1) is 19.3. The maximum absolute atomic E-state index is 12.3. The summed E-state index contributed by atoms with van der Waals surface area (Å²) in [5.41, 5.74) is 2.90. The second-order valence-corrected chi connectivity index (χ2v) is 6.74. The van der Waals surface area contributed by atoms with Gasteiger partial charge < -0.3 is 14.8 Å². The van der Waals surface area contributed by atoms with Crippen molar-refractivity contribution in [3.8, 4) is 11.5 Å². The molecule has 0 radical (unpaired) electrons. The van der Waals surface area contributed by atoms with Gasteiger partial charge in [-0.3, -0.25) is 9.69 Å². The fourth-order valence-electron chi connectivity index (χ4n) is 2.49. The van der Waals surface area contributed by atoms with Crippen molar-refractivity contribution in [2.45, 2.75) is 13.5 Å². The monoisotopic (exact) mass is 406 g/mol. The molecule has 0 unspecified atom stereocenters. The van der Waals surface area contributed by atoms with Gasteiger partial charge in [0.25, 0.3) is 0 Å². The number of carbonyl (C=O) groups is 1. The van der Waals surface area contributed by atoms with E-state index in [1.54, 1.807) is 14.2 Å². The van der Waals surface area contributed by atoms with Crippen molar-refractivity contribution >= 4 is 27.5 Å². The van der Waals surface area contributed by atoms with Crippen LogP contribution in [0.2, 0.25) is 0 Å². The van der Waals surface area contributed by atoms with Crippen LogP contribution in [0.5, 0.6) is 11.5 Å². The molecule has 2 rings (SSSR count). The number of ether oxygens (including phenoxy) is 2. The van der Waals surface area contributed by atoms with Gasteiger partial charge in [0, 0.05) is 22.6 Å². The Morgan fingerprint density at radius 2 is 1.92 bits per heavy atom. The lowest BCUT2D eigenvalue weighted by atomic mass is 10.1. The molecule has 0 spiro atoms. The second kappa shape index (κ2) is 8.87. The Morgan fingerprint density at radius 1 is 1.16 bits per heavy atom. The van der Waals surface area contributed by atoms with Crippen molar-refractivity contribution in [1.29, 1.82) is 0 Å². The van der Waals surface area contributed by atoms with Gasteiger partial charge in [0.2, 0.25) is 5.91 Å². The van der Waals surface area contributed by atoms with Crippen molar-refractivity contribution < 1.29 is 14.3 Å². The van der Waals surface area contributed by atoms with E-state index in [0.29, 0.717) is 6.54 Å². The van der Waals surface area contributed by atoms with E-state index >= 15 is 0 Å². The summed E-state index contributed by atoms with van der Waals surface area (Å²) in [5, 5.41) is 2.92. The van der Waals surface area contributed by atoms with Crippen LogP contribution in [0, 0.1) is 6.92 Å². The molecule has 0 aliphatic carbocycles. The zero-order valence-corrected chi connectivity index (χ0v) is 16.5. The summed E-state index contributed by atoms with van der Waals surface area (Å²) in [7, 11) is 5.14. The van der Waals surface area contributed by atoms with E-state index in [9.17, 15) is 4.79 Å². The number of halogens is 1. The number of carbonyl (C=O) groups excluding carboxylic acids is 1. The van der Waals surface area contributed by atoms with Crippen LogP contribution in [0.1, 0.15) is 11.1 Å². The fraction of sp³-hybridized carbons (Fsp3) is 0.316. The van der Waals surface area contributed by atoms with E-state index < -0.39 is 0 Å². The number of methoxy groups -OCH3 is 2. The van der Waals surface area contributed by atoms with Gasteiger partial charge in [0.1, 0.15) is 11.5 Å². The molecule has 5 nitrogen and oxygen atoms in total. The van der Waals surface area contributed by atoms with Crippen molar-refractivity contribution in [3.05, 3.63) is 52.0 Å². The summed E-state index contributed by atoms with van der Waals surface area (Å²) in [5.74, 6) is 1.41. The summed E-state index contributed by atoms with van der Waals surface area (Å²) >= 11 is 3.47. The van der Waals surface area contributed by atoms with Gasteiger partial charge in [-0.1, -0.05) is 12.1 Å². The normalized spacial score (nSPS) is 10.6. The molecule has 0 heterocycles. The molecule has 0 saturated carbocycles. The predicted molar refractivity (Wildman–Crippen MR) is 103 cm³/mol. The molecule has 0 aromatic heterocycles. The number of nitrogens with zero attached hydrogens (tertiary/aromatic N) is 1. The number of hydrogen-bond donors (Lipinski definition) is 1. The number of amides is 1. The molecule has 0 bridgehead atoms. The molecule has 1 N–H and O–H groups in total. The van der Waals surface area contributed by atoms with Gasteiger partial charge in [-0.2, -0.15) is 0 Å². The topological polar surface area (TPSA) is 50.8 Å². The van der Waals surface area contributed by atoms with E-state index in [2.05, 4.69) is 21.2 Å². The number of hydrogen-bond acceptors (Lipinski definition) is 4. The number of anilines is 1. The Bertz CT molecular complexity index is 749. The van der Waals surface area contributed by atoms with E-state index in [1.807, 2.05) is 55.3 Å². The summed E-state index contributed by atoms with van der Waals surface area (Å²) < 4.78 is 11.5. The number of likely N-dealkylation sites (N-methyl/N-ethyl adjacent to an activating group) is 1. The van der Waals surface area contributed by atoms with Gasteiger partial charge in [-0.25, -0.2) is 0 Å². The van der Waals surface area contributed by atoms with Crippen molar-refractivity contribution in [3.63, 3.8) is 0 Å². The SMILES string of the molecule is COc1ccc(CN(C)CC(=O)Nc2ccc(C)cc2Br)c(OC)c1. The summed E-state index contributed by atoms with van der Waals surface area (Å²) in [4.78, 5) is 14.2. The van der Waals surface area contributed by atoms with Crippen LogP contribution in [0.15, 0.2) is 40.9 Å². The quantitative estimate of drug-likeness (QED) is 0.758. The largest absolute Gasteiger partial charge is 0.497 e. The predicted octanol–water partition coefficient (Wildman–Crippen LogP) is 3.85. The van der Waals surface area contributed by atoms with Crippen LogP contribution >= 0.6 is 15.9 Å². The molecule has 0 aliphatic heterocycles. The van der Waals surface area contributed by atoms with Crippen LogP contribution < -0.4 is 14.8 Å². The molecule has 0 atom stereocenters. The summed E-state index contributed by atoms with van der Waals surface area (Å²) in [6, 6.07) is 11.5. The molecule has 6 heteroatoms. The van der Waals surface area contributed by atoms with E-state index in [4.69, 9.17) is 9.47 Å². The lowest BCUT2D eigenvalue weighted by Gasteiger charge is -2.19. The second-order valence-electron chi connectivity index (χ2n) is 5.88. The first-order valence-electron chi connectivity index (χ1n) is 7.88. The van der Waals surface area contributed by atoms with Gasteiger partial charge in [0.15, 0.2) is 0 Å². The van der Waals surface area contributed by atoms with Gasteiger partial charge in [-0.15, -0.1) is 0 Å². The Labute approximate surface area is 157 Å². The number of aryl methyl sites for hydroxylation is 1. The average Bonchev–Trinajstić information content (AvgIpc) is 2.57. The van der Waals surface area contributed by atoms with E-state index in [0.717, 1.165) is 32.8 Å². The molecule has 2 aromatic carbocycles. The minimum atomic E-state index is -0.0699. The molecular weight excluding hydrogens is 384 g/mol. The Morgan fingerprint density at radius 3 is 2.56 bits per heavy atom. The molecule has 0 aliphatic rings. The highest BCUT2D eigenvalue weighted by Crippen LogP contribution is 2.26. The molecule has 134 valence electrons. The van der Waals surface area contributed by atoms with Crippen LogP contribution in [-0.2, 0) is 11.3 Å². The zero-order valence-electron chi connectivity index (χ0n) is 14.9. The summed E-state index contributed by atoms with van der Waals surface area (Å²) in [6.07, 6.45) is 0. The van der Waals surface area contributed by atoms with E-state index in [1.165, 1.54) is 0 Å². The fourth-order valence-corrected chi connectivity index (χ4v) is 3.08. The van der Waals surface area contributed by atoms with Crippen LogP contribution in [0.25, 0.3) is 0 Å². The zero-order chi connectivity index (χ0) is 18.4. The Kier molecular flexibility index (Phi) is 6.84. The number of nitrogens with one attached hydrogen (secondary N) is 1. The van der Waals surface area contributed by atoms with Crippen molar-refractivity contribution in [1.82, 2.24) is 4.90 Å². The highest BCUT2D eigenvalue weighted by atomic mass is 79.9. The molecule has 1 amide bonds. The molecular formula is C19H23BrN2O3. The van der Waals surface area contributed by atoms with Crippen LogP contribution in [0.3, 0.4) is 0 Å². The third-order valence-corrected chi connectivity index (χ3v) is 4.40. The van der Waals surface area contributed by atoms with Crippen molar-refractivity contribution in [2.24, 2.45) is 0 Å². The minimum absolute atomic E-state index is 0.0699. The lowest BCUT2D eigenvalue weighted by molar-refractivity contribution is -0.117. The molecule has 0 saturated heterocycles. The average molecular weight is 407 g/mol. The van der Waals surface area contributed by atoms with Gasteiger partial charge in [0.05, 0.1) is 26.5 Å². The first-order valence-corrected chi connectivity index (χ1v) is 8.67. The smallest absolute Gasteiger partial charge is 0.238 e. The summed E-state index contributed by atoms with van der Waals surface area (Å²) in [6.45, 7) is 2.87. The van der Waals surface area contributed by atoms with Gasteiger partial charge >= 0.3 is 0 Å². The molecule has 0 fully saturated rings. The maximum atomic E-state index is 12.3. The third kappa shape index (κ3) is 5.47. The number of benzene rings is 2. The van der Waals surface area contributed by atoms with Crippen LogP contribution in [0.4, 0.5) is 5.69 Å². The van der Waals surface area contributed by atoms with Crippen LogP contribution in [-0.4, -0.2) is 38.6 Å². The maximum Gasteiger partial charge on any atom is 0.238 e. The molecule has 25 heavy (non-hydrogen) atoms. The third-order valence-electron chi connectivity index (χ3n) is 3.75. The minimum Gasteiger partial charge on any atom is -0.497 e. The number of rotatable bonds is 7. The molecule has 2 aromatic rings. The lowest BCUT2D eigenvalue weighted by Crippen LogP contribution is -2.30. The highest BCUT2D eigenvalue weighted by molar-refractivity contribution is 9.10. The Hall–Kier alpha value is -2.05. The standard InChI is InChI=1S/C19H23BrN2O3/c1-13-5-8-17(16(20)9-13)21-19(23)12-22(2)11-14-6-7-15(24-3)10-18(14)25-4/h5-10H,11-12H2,1-4H3,(H,21,23). The van der Waals surface area contributed by atoms with Crippen molar-refractivity contribution in [2.75, 3.05) is 33.1 Å². The van der Waals surface area contributed by atoms with E-state index in [-0.39, 0.29) is 12.5 Å². The highest BCUT2D eigenvalue weighted by Gasteiger charge is 2.12. The first-order chi connectivity index (χ1) is 11.9.